The van der Waals surface area contributed by atoms with Gasteiger partial charge >= 0.3 is 0 Å². The molecular weight excluding hydrogens is 468 g/mol. The second-order valence-electron chi connectivity index (χ2n) is 13.2. The highest BCUT2D eigenvalue weighted by Gasteiger charge is 2.49. The Balaban J connectivity index is 1.96. The zero-order chi connectivity index (χ0) is 28.2. The zero-order valence-electron chi connectivity index (χ0n) is 26.3. The van der Waals surface area contributed by atoms with Crippen molar-refractivity contribution in [3.8, 4) is 0 Å². The predicted octanol–water partition coefficient (Wildman–Crippen LogP) is 9.91. The number of hydrogen-bond acceptors (Lipinski definition) is 3. The summed E-state index contributed by atoms with van der Waals surface area (Å²) < 4.78 is 7.18. The van der Waals surface area contributed by atoms with Crippen LogP contribution in [0.15, 0.2) is 34.4 Å². The van der Waals surface area contributed by atoms with Crippen LogP contribution in [0.4, 0.5) is 0 Å². The van der Waals surface area contributed by atoms with Crippen LogP contribution in [0.5, 0.6) is 0 Å². The molecule has 1 aliphatic heterocycles. The molecule has 1 aliphatic carbocycles. The van der Waals surface area contributed by atoms with Gasteiger partial charge in [-0.25, -0.2) is 0 Å². The third kappa shape index (κ3) is 9.93. The molecule has 1 fully saturated rings. The van der Waals surface area contributed by atoms with Crippen molar-refractivity contribution >= 4 is 0 Å². The summed E-state index contributed by atoms with van der Waals surface area (Å²) in [6.07, 6.45) is 24.3. The first-order chi connectivity index (χ1) is 18.0. The minimum Gasteiger partial charge on any atom is -0.390 e. The normalized spacial score (nSPS) is 27.8. The average Bonchev–Trinajstić information content (AvgIpc) is 2.86. The molecular formula is C35H62O3. The van der Waals surface area contributed by atoms with Gasteiger partial charge in [0.2, 0.25) is 0 Å². The van der Waals surface area contributed by atoms with E-state index < -0.39 is 11.7 Å². The molecule has 38 heavy (non-hydrogen) atoms. The molecule has 3 heteroatoms. The van der Waals surface area contributed by atoms with Crippen molar-refractivity contribution in [3.05, 3.63) is 34.4 Å². The van der Waals surface area contributed by atoms with Gasteiger partial charge in [-0.3, -0.25) is 0 Å². The van der Waals surface area contributed by atoms with Gasteiger partial charge in [-0.1, -0.05) is 76.9 Å². The first-order valence-electron chi connectivity index (χ1n) is 16.1. The lowest BCUT2D eigenvalue weighted by Crippen LogP contribution is -2.51. The van der Waals surface area contributed by atoms with Gasteiger partial charge in [0.05, 0.1) is 17.3 Å². The number of ether oxygens (including phenoxy) is 1. The number of rotatable bonds is 18. The lowest BCUT2D eigenvalue weighted by molar-refractivity contribution is -0.145. The molecule has 2 rings (SSSR count). The molecule has 2 N–H and O–H groups in total. The van der Waals surface area contributed by atoms with E-state index in [0.29, 0.717) is 0 Å². The summed E-state index contributed by atoms with van der Waals surface area (Å²) in [5.41, 5.74) is 4.07. The van der Waals surface area contributed by atoms with Crippen molar-refractivity contribution in [3.63, 3.8) is 0 Å². The van der Waals surface area contributed by atoms with Crippen LogP contribution in [0.3, 0.4) is 0 Å². The molecule has 1 saturated heterocycles. The van der Waals surface area contributed by atoms with Crippen molar-refractivity contribution in [1.29, 1.82) is 0 Å². The highest BCUT2D eigenvalue weighted by molar-refractivity contribution is 5.44. The first kappa shape index (κ1) is 33.3. The van der Waals surface area contributed by atoms with Crippen LogP contribution in [0.1, 0.15) is 164 Å². The number of aliphatic hydroxyl groups excluding tert-OH is 1. The van der Waals surface area contributed by atoms with E-state index in [9.17, 15) is 10.2 Å². The Morgan fingerprint density at radius 2 is 1.63 bits per heavy atom. The van der Waals surface area contributed by atoms with Crippen LogP contribution in [0.2, 0.25) is 0 Å². The minimum atomic E-state index is -0.522. The first-order valence-corrected chi connectivity index (χ1v) is 16.1. The van der Waals surface area contributed by atoms with Crippen molar-refractivity contribution < 1.29 is 14.9 Å². The summed E-state index contributed by atoms with van der Waals surface area (Å²) >= 11 is 0. The van der Waals surface area contributed by atoms with Gasteiger partial charge in [-0.2, -0.15) is 0 Å². The monoisotopic (exact) mass is 530 g/mol. The molecule has 1 heterocycles. The van der Waals surface area contributed by atoms with Crippen LogP contribution in [0.25, 0.3) is 0 Å². The molecule has 4 atom stereocenters. The number of aliphatic hydroxyl groups is 2. The third-order valence-corrected chi connectivity index (χ3v) is 9.52. The molecule has 4 unspecified atom stereocenters. The molecule has 0 radical (unpaired) electrons. The third-order valence-electron chi connectivity index (χ3n) is 9.52. The van der Waals surface area contributed by atoms with Crippen LogP contribution in [-0.2, 0) is 4.74 Å². The predicted molar refractivity (Wildman–Crippen MR) is 164 cm³/mol. The molecule has 0 saturated carbocycles. The van der Waals surface area contributed by atoms with E-state index >= 15 is 0 Å². The topological polar surface area (TPSA) is 49.7 Å². The molecule has 0 aromatic heterocycles. The van der Waals surface area contributed by atoms with E-state index in [-0.39, 0.29) is 11.2 Å². The SMILES string of the molecule is CCCCCCCCC12OC(C)(CC/C=C(\C)CCCC(C)(O)CCCCC)CCC1=CC(O)C(C)=C2C. The maximum absolute atomic E-state index is 10.7. The van der Waals surface area contributed by atoms with Gasteiger partial charge in [0, 0.05) is 0 Å². The van der Waals surface area contributed by atoms with E-state index in [1.165, 1.54) is 68.1 Å². The Kier molecular flexibility index (Phi) is 13.8. The maximum atomic E-state index is 10.7. The fraction of sp³-hybridized carbons (Fsp3) is 0.829. The van der Waals surface area contributed by atoms with Gasteiger partial charge in [0.25, 0.3) is 0 Å². The Hall–Kier alpha value is -0.900. The second kappa shape index (κ2) is 15.8. The summed E-state index contributed by atoms with van der Waals surface area (Å²) in [7, 11) is 0. The zero-order valence-corrected chi connectivity index (χ0v) is 26.3. The number of fused-ring (bicyclic) bond motifs is 1. The van der Waals surface area contributed by atoms with E-state index in [2.05, 4.69) is 53.7 Å². The van der Waals surface area contributed by atoms with E-state index in [4.69, 9.17) is 4.74 Å². The maximum Gasteiger partial charge on any atom is 0.111 e. The standard InChI is InChI=1S/C35H62O3/c1-8-10-12-13-14-16-25-35-30(5)29(4)32(36)27-31(35)21-26-34(7,38-35)24-18-20-28(3)19-17-23-33(6,37)22-15-11-9-2/h20,27,32,36-37H,8-19,21-26H2,1-7H3/b28-20+. The van der Waals surface area contributed by atoms with E-state index in [1.54, 1.807) is 0 Å². The van der Waals surface area contributed by atoms with Crippen LogP contribution < -0.4 is 0 Å². The molecule has 0 aromatic rings. The fourth-order valence-corrected chi connectivity index (χ4v) is 6.61. The molecule has 0 aromatic carbocycles. The summed E-state index contributed by atoms with van der Waals surface area (Å²) in [5, 5.41) is 21.3. The molecule has 3 nitrogen and oxygen atoms in total. The Morgan fingerprint density at radius 1 is 1.00 bits per heavy atom. The Morgan fingerprint density at radius 3 is 2.34 bits per heavy atom. The van der Waals surface area contributed by atoms with Crippen LogP contribution in [0, 0.1) is 0 Å². The van der Waals surface area contributed by atoms with E-state index in [0.717, 1.165) is 69.8 Å². The van der Waals surface area contributed by atoms with Crippen molar-refractivity contribution in [2.24, 2.45) is 0 Å². The summed E-state index contributed by atoms with van der Waals surface area (Å²) in [6.45, 7) is 15.3. The van der Waals surface area contributed by atoms with E-state index in [1.807, 2.05) is 6.92 Å². The average molecular weight is 531 g/mol. The minimum absolute atomic E-state index is 0.150. The quantitative estimate of drug-likeness (QED) is 0.137. The van der Waals surface area contributed by atoms with Crippen LogP contribution >= 0.6 is 0 Å². The van der Waals surface area contributed by atoms with Crippen molar-refractivity contribution in [1.82, 2.24) is 0 Å². The number of hydrogen-bond donors (Lipinski definition) is 2. The van der Waals surface area contributed by atoms with Crippen molar-refractivity contribution in [2.75, 3.05) is 0 Å². The summed E-state index contributed by atoms with van der Waals surface area (Å²) in [5.74, 6) is 0. The van der Waals surface area contributed by atoms with Gasteiger partial charge in [0.15, 0.2) is 0 Å². The summed E-state index contributed by atoms with van der Waals surface area (Å²) in [6, 6.07) is 0. The molecule has 220 valence electrons. The smallest absolute Gasteiger partial charge is 0.111 e. The number of unbranched alkanes of at least 4 members (excludes halogenated alkanes) is 7. The highest BCUT2D eigenvalue weighted by Crippen LogP contribution is 2.51. The molecule has 2 aliphatic rings. The molecule has 0 spiro atoms. The van der Waals surface area contributed by atoms with Gasteiger partial charge < -0.3 is 14.9 Å². The van der Waals surface area contributed by atoms with Gasteiger partial charge in [-0.05, 0) is 122 Å². The number of allylic oxidation sites excluding steroid dienone is 2. The molecule has 0 bridgehead atoms. The van der Waals surface area contributed by atoms with Crippen LogP contribution in [-0.4, -0.2) is 33.1 Å². The van der Waals surface area contributed by atoms with Crippen molar-refractivity contribution in [2.45, 2.75) is 187 Å². The fourth-order valence-electron chi connectivity index (χ4n) is 6.61. The summed E-state index contributed by atoms with van der Waals surface area (Å²) in [4.78, 5) is 0. The van der Waals surface area contributed by atoms with Gasteiger partial charge in [0.1, 0.15) is 5.60 Å². The lowest BCUT2D eigenvalue weighted by atomic mass is 9.69. The largest absolute Gasteiger partial charge is 0.390 e. The lowest BCUT2D eigenvalue weighted by Gasteiger charge is -2.52. The van der Waals surface area contributed by atoms with Gasteiger partial charge in [-0.15, -0.1) is 0 Å². The highest BCUT2D eigenvalue weighted by atomic mass is 16.5. The Bertz CT molecular complexity index is 804. The second-order valence-corrected chi connectivity index (χ2v) is 13.2. The Labute approximate surface area is 236 Å². The molecule has 0 amide bonds.